The lowest BCUT2D eigenvalue weighted by Crippen LogP contribution is -2.06. The normalized spacial score (nSPS) is 14.0. The lowest BCUT2D eigenvalue weighted by molar-refractivity contribution is 0.415. The van der Waals surface area contributed by atoms with Gasteiger partial charge in [0.05, 0.1) is 7.11 Å². The fourth-order valence-corrected chi connectivity index (χ4v) is 2.85. The average molecular weight is 324 g/mol. The largest absolute Gasteiger partial charge is 0.497 e. The van der Waals surface area contributed by atoms with Crippen molar-refractivity contribution in [3.8, 4) is 5.75 Å². The molecule has 1 aliphatic rings. The first-order valence-electron chi connectivity index (χ1n) is 8.48. The standard InChI is InChI=1S/C19H24N4O/c1-24-17-9-5-8-16(12-17)23-19-13-18(21-14-22-19)20-11-10-15-6-3-2-4-7-15/h5-6,8-9,12-14H,2-4,7,10-11H2,1H3,(H2,20,21,22,23). The summed E-state index contributed by atoms with van der Waals surface area (Å²) >= 11 is 0. The van der Waals surface area contributed by atoms with Crippen LogP contribution < -0.4 is 15.4 Å². The molecule has 5 heteroatoms. The number of anilines is 3. The van der Waals surface area contributed by atoms with Crippen LogP contribution in [0, 0.1) is 0 Å². The Morgan fingerprint density at radius 3 is 2.88 bits per heavy atom. The van der Waals surface area contributed by atoms with E-state index in [4.69, 9.17) is 4.74 Å². The second-order valence-electron chi connectivity index (χ2n) is 5.93. The maximum atomic E-state index is 5.24. The zero-order chi connectivity index (χ0) is 16.6. The van der Waals surface area contributed by atoms with Gasteiger partial charge in [-0.2, -0.15) is 0 Å². The van der Waals surface area contributed by atoms with Crippen molar-refractivity contribution in [1.29, 1.82) is 0 Å². The Kier molecular flexibility index (Phi) is 5.66. The molecule has 0 radical (unpaired) electrons. The molecule has 2 aromatic rings. The van der Waals surface area contributed by atoms with E-state index in [9.17, 15) is 0 Å². The lowest BCUT2D eigenvalue weighted by atomic mass is 9.97. The molecule has 0 aliphatic heterocycles. The molecule has 0 spiro atoms. The fraction of sp³-hybridized carbons (Fsp3) is 0.368. The summed E-state index contributed by atoms with van der Waals surface area (Å²) in [5.74, 6) is 2.41. The third-order valence-corrected chi connectivity index (χ3v) is 4.15. The molecule has 1 aromatic heterocycles. The third-order valence-electron chi connectivity index (χ3n) is 4.15. The summed E-state index contributed by atoms with van der Waals surface area (Å²) in [7, 11) is 1.66. The number of hydrogen-bond donors (Lipinski definition) is 2. The number of allylic oxidation sites excluding steroid dienone is 1. The zero-order valence-corrected chi connectivity index (χ0v) is 14.1. The monoisotopic (exact) mass is 324 g/mol. The minimum absolute atomic E-state index is 0.762. The highest BCUT2D eigenvalue weighted by Crippen LogP contribution is 2.22. The first-order chi connectivity index (χ1) is 11.8. The van der Waals surface area contributed by atoms with Crippen molar-refractivity contribution in [2.45, 2.75) is 32.1 Å². The maximum absolute atomic E-state index is 5.24. The summed E-state index contributed by atoms with van der Waals surface area (Å²) < 4.78 is 5.24. The Labute approximate surface area is 143 Å². The Balaban J connectivity index is 1.56. The van der Waals surface area contributed by atoms with E-state index in [-0.39, 0.29) is 0 Å². The van der Waals surface area contributed by atoms with Crippen LogP contribution in [0.2, 0.25) is 0 Å². The first kappa shape index (κ1) is 16.3. The number of ether oxygens (including phenoxy) is 1. The van der Waals surface area contributed by atoms with Crippen LogP contribution in [0.25, 0.3) is 0 Å². The fourth-order valence-electron chi connectivity index (χ4n) is 2.85. The molecule has 0 bridgehead atoms. The van der Waals surface area contributed by atoms with Gasteiger partial charge in [0.25, 0.3) is 0 Å². The minimum Gasteiger partial charge on any atom is -0.497 e. The highest BCUT2D eigenvalue weighted by atomic mass is 16.5. The van der Waals surface area contributed by atoms with E-state index in [0.29, 0.717) is 0 Å². The quantitative estimate of drug-likeness (QED) is 0.733. The molecule has 2 N–H and O–H groups in total. The molecule has 1 aliphatic carbocycles. The molecule has 0 unspecified atom stereocenters. The van der Waals surface area contributed by atoms with Gasteiger partial charge in [0.15, 0.2) is 0 Å². The van der Waals surface area contributed by atoms with Crippen LogP contribution >= 0.6 is 0 Å². The molecule has 1 heterocycles. The van der Waals surface area contributed by atoms with Crippen molar-refractivity contribution in [3.05, 3.63) is 48.3 Å². The molecule has 0 saturated heterocycles. The molecular formula is C19H24N4O. The topological polar surface area (TPSA) is 59.1 Å². The van der Waals surface area contributed by atoms with Crippen LogP contribution in [-0.2, 0) is 0 Å². The number of benzene rings is 1. The van der Waals surface area contributed by atoms with Crippen molar-refractivity contribution in [2.24, 2.45) is 0 Å². The predicted molar refractivity (Wildman–Crippen MR) is 98.0 cm³/mol. The van der Waals surface area contributed by atoms with Crippen LogP contribution in [0.15, 0.2) is 48.3 Å². The number of nitrogens with one attached hydrogen (secondary N) is 2. The minimum atomic E-state index is 0.762. The second-order valence-corrected chi connectivity index (χ2v) is 5.93. The number of hydrogen-bond acceptors (Lipinski definition) is 5. The molecule has 0 fully saturated rings. The SMILES string of the molecule is COc1cccc(Nc2cc(NCCC3=CCCCC3)ncn2)c1. The molecule has 24 heavy (non-hydrogen) atoms. The van der Waals surface area contributed by atoms with Crippen molar-refractivity contribution < 1.29 is 4.74 Å². The number of nitrogens with zero attached hydrogens (tertiary/aromatic N) is 2. The van der Waals surface area contributed by atoms with E-state index in [1.807, 2.05) is 30.3 Å². The van der Waals surface area contributed by atoms with Crippen LogP contribution in [0.5, 0.6) is 5.75 Å². The number of aromatic nitrogens is 2. The van der Waals surface area contributed by atoms with Gasteiger partial charge in [0, 0.05) is 24.4 Å². The van der Waals surface area contributed by atoms with Gasteiger partial charge in [-0.15, -0.1) is 0 Å². The highest BCUT2D eigenvalue weighted by molar-refractivity contribution is 5.60. The maximum Gasteiger partial charge on any atom is 0.135 e. The molecule has 5 nitrogen and oxygen atoms in total. The van der Waals surface area contributed by atoms with Gasteiger partial charge >= 0.3 is 0 Å². The molecule has 1 aromatic carbocycles. The van der Waals surface area contributed by atoms with E-state index in [0.717, 1.165) is 36.0 Å². The zero-order valence-electron chi connectivity index (χ0n) is 14.1. The van der Waals surface area contributed by atoms with E-state index in [1.165, 1.54) is 25.7 Å². The summed E-state index contributed by atoms with van der Waals surface area (Å²) in [5, 5.41) is 6.66. The summed E-state index contributed by atoms with van der Waals surface area (Å²) in [6.45, 7) is 0.904. The van der Waals surface area contributed by atoms with E-state index in [2.05, 4.69) is 26.7 Å². The smallest absolute Gasteiger partial charge is 0.135 e. The first-order valence-corrected chi connectivity index (χ1v) is 8.48. The highest BCUT2D eigenvalue weighted by Gasteiger charge is 2.04. The molecule has 0 atom stereocenters. The van der Waals surface area contributed by atoms with Gasteiger partial charge in [-0.05, 0) is 44.2 Å². The summed E-state index contributed by atoms with van der Waals surface area (Å²) in [6.07, 6.45) is 10.2. The molecule has 126 valence electrons. The number of methoxy groups -OCH3 is 1. The second kappa shape index (κ2) is 8.34. The number of rotatable bonds is 7. The van der Waals surface area contributed by atoms with E-state index >= 15 is 0 Å². The molecule has 0 amide bonds. The van der Waals surface area contributed by atoms with Crippen molar-refractivity contribution in [2.75, 3.05) is 24.3 Å². The summed E-state index contributed by atoms with van der Waals surface area (Å²) in [4.78, 5) is 8.56. The van der Waals surface area contributed by atoms with Crippen LogP contribution in [0.1, 0.15) is 32.1 Å². The molecule has 0 saturated carbocycles. The van der Waals surface area contributed by atoms with Gasteiger partial charge in [-0.1, -0.05) is 17.7 Å². The summed E-state index contributed by atoms with van der Waals surface area (Å²) in [6, 6.07) is 9.70. The van der Waals surface area contributed by atoms with Crippen LogP contribution in [-0.4, -0.2) is 23.6 Å². The van der Waals surface area contributed by atoms with Crippen molar-refractivity contribution in [1.82, 2.24) is 9.97 Å². The van der Waals surface area contributed by atoms with Gasteiger partial charge in [-0.3, -0.25) is 0 Å². The van der Waals surface area contributed by atoms with Crippen molar-refractivity contribution in [3.63, 3.8) is 0 Å². The van der Waals surface area contributed by atoms with Crippen LogP contribution in [0.3, 0.4) is 0 Å². The Morgan fingerprint density at radius 1 is 1.12 bits per heavy atom. The molecular weight excluding hydrogens is 300 g/mol. The predicted octanol–water partition coefficient (Wildman–Crippen LogP) is 4.53. The Hall–Kier alpha value is -2.56. The molecule has 3 rings (SSSR count). The van der Waals surface area contributed by atoms with Gasteiger partial charge < -0.3 is 15.4 Å². The van der Waals surface area contributed by atoms with Gasteiger partial charge in [0.1, 0.15) is 23.7 Å². The van der Waals surface area contributed by atoms with Crippen molar-refractivity contribution >= 4 is 17.3 Å². The van der Waals surface area contributed by atoms with Crippen LogP contribution in [0.4, 0.5) is 17.3 Å². The van der Waals surface area contributed by atoms with E-state index < -0.39 is 0 Å². The third kappa shape index (κ3) is 4.72. The van der Waals surface area contributed by atoms with Gasteiger partial charge in [0.2, 0.25) is 0 Å². The Bertz CT molecular complexity index is 699. The Morgan fingerprint density at radius 2 is 2.04 bits per heavy atom. The van der Waals surface area contributed by atoms with Gasteiger partial charge in [-0.25, -0.2) is 9.97 Å². The summed E-state index contributed by atoms with van der Waals surface area (Å²) in [5.41, 5.74) is 2.50. The van der Waals surface area contributed by atoms with E-state index in [1.54, 1.807) is 19.0 Å². The average Bonchev–Trinajstić information content (AvgIpc) is 2.63. The lowest BCUT2D eigenvalue weighted by Gasteiger charge is -2.13.